The molecular weight excluding hydrogens is 430 g/mol. The van der Waals surface area contributed by atoms with Crippen molar-refractivity contribution in [3.05, 3.63) is 93.1 Å². The fourth-order valence-electron chi connectivity index (χ4n) is 3.34. The van der Waals surface area contributed by atoms with Gasteiger partial charge in [0.2, 0.25) is 0 Å². The molecule has 3 aromatic rings. The van der Waals surface area contributed by atoms with Crippen LogP contribution >= 0.6 is 12.2 Å². The van der Waals surface area contributed by atoms with Crippen molar-refractivity contribution in [2.75, 3.05) is 4.90 Å². The molecule has 162 valence electrons. The van der Waals surface area contributed by atoms with E-state index in [1.165, 1.54) is 11.0 Å². The Morgan fingerprint density at radius 2 is 1.94 bits per heavy atom. The number of nitro groups is 1. The van der Waals surface area contributed by atoms with E-state index in [1.54, 1.807) is 37.3 Å². The molecule has 1 saturated heterocycles. The van der Waals surface area contributed by atoms with E-state index in [4.69, 9.17) is 21.4 Å². The first kappa shape index (κ1) is 21.3. The van der Waals surface area contributed by atoms with Crippen LogP contribution in [-0.4, -0.2) is 15.9 Å². The largest absolute Gasteiger partial charge is 0.486 e. The van der Waals surface area contributed by atoms with Gasteiger partial charge in [0.05, 0.1) is 10.6 Å². The highest BCUT2D eigenvalue weighted by molar-refractivity contribution is 7.80. The molecule has 1 amide bonds. The molecule has 1 aliphatic heterocycles. The van der Waals surface area contributed by atoms with Crippen LogP contribution < -0.4 is 15.0 Å². The van der Waals surface area contributed by atoms with E-state index in [9.17, 15) is 14.9 Å². The summed E-state index contributed by atoms with van der Waals surface area (Å²) in [4.78, 5) is 24.8. The molecule has 0 unspecified atom stereocenters. The number of nitrogens with one attached hydrogen (secondary N) is 1. The molecule has 2 aromatic carbocycles. The molecule has 32 heavy (non-hydrogen) atoms. The van der Waals surface area contributed by atoms with Crippen LogP contribution in [0.2, 0.25) is 0 Å². The topological polar surface area (TPSA) is 97.9 Å². The molecular formula is C23H19N3O5S. The number of thiocarbonyl (C=S) groups is 1. The van der Waals surface area contributed by atoms with Gasteiger partial charge in [0, 0.05) is 17.7 Å². The Labute approximate surface area is 189 Å². The highest BCUT2D eigenvalue weighted by Gasteiger charge is 2.32. The SMILES string of the molecule is Cc1ccccc1N1C(=O)/C(=C\c2ccc(COc3ccc([N+](=O)[O-])c(C)c3)o2)NC1=S. The van der Waals surface area contributed by atoms with Gasteiger partial charge in [-0.25, -0.2) is 0 Å². The van der Waals surface area contributed by atoms with Crippen molar-refractivity contribution in [3.8, 4) is 5.75 Å². The first-order chi connectivity index (χ1) is 15.3. The summed E-state index contributed by atoms with van der Waals surface area (Å²) in [6.07, 6.45) is 1.59. The first-order valence-corrected chi connectivity index (χ1v) is 10.1. The van der Waals surface area contributed by atoms with E-state index in [-0.39, 0.29) is 18.2 Å². The number of rotatable bonds is 6. The Kier molecular flexibility index (Phi) is 5.74. The van der Waals surface area contributed by atoms with Gasteiger partial charge < -0.3 is 14.5 Å². The summed E-state index contributed by atoms with van der Waals surface area (Å²) in [7, 11) is 0. The van der Waals surface area contributed by atoms with Crippen molar-refractivity contribution in [3.63, 3.8) is 0 Å². The lowest BCUT2D eigenvalue weighted by Crippen LogP contribution is -2.30. The van der Waals surface area contributed by atoms with Crippen LogP contribution in [0.5, 0.6) is 5.75 Å². The summed E-state index contributed by atoms with van der Waals surface area (Å²) in [5.41, 5.74) is 2.52. The molecule has 9 heteroatoms. The van der Waals surface area contributed by atoms with Crippen LogP contribution in [0.15, 0.2) is 64.7 Å². The van der Waals surface area contributed by atoms with Crippen LogP contribution in [-0.2, 0) is 11.4 Å². The van der Waals surface area contributed by atoms with Crippen molar-refractivity contribution in [2.24, 2.45) is 0 Å². The lowest BCUT2D eigenvalue weighted by atomic mass is 10.2. The zero-order chi connectivity index (χ0) is 22.8. The number of ether oxygens (including phenoxy) is 1. The number of nitro benzene ring substituents is 1. The van der Waals surface area contributed by atoms with Gasteiger partial charge in [-0.15, -0.1) is 0 Å². The van der Waals surface area contributed by atoms with Crippen molar-refractivity contribution in [2.45, 2.75) is 20.5 Å². The van der Waals surface area contributed by atoms with Gasteiger partial charge in [-0.1, -0.05) is 18.2 Å². The van der Waals surface area contributed by atoms with Crippen molar-refractivity contribution in [1.82, 2.24) is 5.32 Å². The van der Waals surface area contributed by atoms with Crippen LogP contribution in [0.4, 0.5) is 11.4 Å². The Morgan fingerprint density at radius 3 is 2.66 bits per heavy atom. The fraction of sp³-hybridized carbons (Fsp3) is 0.130. The molecule has 4 rings (SSSR count). The average molecular weight is 449 g/mol. The van der Waals surface area contributed by atoms with E-state index in [0.717, 1.165) is 11.3 Å². The molecule has 1 fully saturated rings. The number of carbonyl (C=O) groups excluding carboxylic acids is 1. The maximum Gasteiger partial charge on any atom is 0.281 e. The Bertz CT molecular complexity index is 1260. The minimum atomic E-state index is -0.435. The second kappa shape index (κ2) is 8.64. The maximum absolute atomic E-state index is 12.9. The third-order valence-corrected chi connectivity index (χ3v) is 5.23. The highest BCUT2D eigenvalue weighted by Crippen LogP contribution is 2.27. The van der Waals surface area contributed by atoms with Crippen LogP contribution in [0, 0.1) is 24.0 Å². The van der Waals surface area contributed by atoms with Crippen molar-refractivity contribution in [1.29, 1.82) is 0 Å². The van der Waals surface area contributed by atoms with E-state index >= 15 is 0 Å². The third kappa shape index (κ3) is 4.23. The molecule has 2 heterocycles. The number of furan rings is 1. The van der Waals surface area contributed by atoms with Crippen LogP contribution in [0.3, 0.4) is 0 Å². The number of benzene rings is 2. The maximum atomic E-state index is 12.9. The highest BCUT2D eigenvalue weighted by atomic mass is 32.1. The predicted octanol–water partition coefficient (Wildman–Crippen LogP) is 4.65. The predicted molar refractivity (Wildman–Crippen MR) is 123 cm³/mol. The van der Waals surface area contributed by atoms with Gasteiger partial charge in [0.15, 0.2) is 5.11 Å². The molecule has 0 atom stereocenters. The van der Waals surface area contributed by atoms with E-state index in [2.05, 4.69) is 5.32 Å². The standard InChI is InChI=1S/C23H19N3O5S/c1-14-5-3-4-6-20(14)25-22(27)19(24-23(25)32)12-17-7-8-18(31-17)13-30-16-9-10-21(26(28)29)15(2)11-16/h3-12H,13H2,1-2H3,(H,24,32)/b19-12+. The number of para-hydroxylation sites is 1. The van der Waals surface area contributed by atoms with E-state index < -0.39 is 4.92 Å². The second-order valence-corrected chi connectivity index (χ2v) is 7.60. The molecule has 1 aromatic heterocycles. The Balaban J connectivity index is 1.45. The summed E-state index contributed by atoms with van der Waals surface area (Å²) in [6, 6.07) is 15.5. The summed E-state index contributed by atoms with van der Waals surface area (Å²) in [6.45, 7) is 3.70. The quantitative estimate of drug-likeness (QED) is 0.253. The van der Waals surface area contributed by atoms with Gasteiger partial charge in [-0.2, -0.15) is 0 Å². The van der Waals surface area contributed by atoms with Gasteiger partial charge in [0.25, 0.3) is 11.6 Å². The molecule has 1 aliphatic rings. The molecule has 0 bridgehead atoms. The number of hydrogen-bond acceptors (Lipinski definition) is 6. The number of anilines is 1. The molecule has 0 radical (unpaired) electrons. The normalized spacial score (nSPS) is 14.7. The van der Waals surface area contributed by atoms with Crippen LogP contribution in [0.1, 0.15) is 22.6 Å². The minimum Gasteiger partial charge on any atom is -0.486 e. The summed E-state index contributed by atoms with van der Waals surface area (Å²) >= 11 is 5.35. The van der Waals surface area contributed by atoms with Gasteiger partial charge in [-0.3, -0.25) is 19.8 Å². The summed E-state index contributed by atoms with van der Waals surface area (Å²) in [5.74, 6) is 1.24. The van der Waals surface area contributed by atoms with Crippen molar-refractivity contribution >= 4 is 40.7 Å². The van der Waals surface area contributed by atoms with Crippen molar-refractivity contribution < 1.29 is 18.9 Å². The molecule has 0 saturated carbocycles. The van der Waals surface area contributed by atoms with E-state index in [1.807, 2.05) is 31.2 Å². The second-order valence-electron chi connectivity index (χ2n) is 7.21. The van der Waals surface area contributed by atoms with E-state index in [0.29, 0.717) is 33.6 Å². The van der Waals surface area contributed by atoms with Gasteiger partial charge in [-0.05, 0) is 62.0 Å². The zero-order valence-electron chi connectivity index (χ0n) is 17.3. The number of carbonyl (C=O) groups is 1. The number of aryl methyl sites for hydroxylation is 2. The van der Waals surface area contributed by atoms with Gasteiger partial charge >= 0.3 is 0 Å². The number of nitrogens with zero attached hydrogens (tertiary/aromatic N) is 2. The Hall–Kier alpha value is -3.98. The minimum absolute atomic E-state index is 0.0376. The molecule has 0 spiro atoms. The lowest BCUT2D eigenvalue weighted by Gasteiger charge is -2.16. The van der Waals surface area contributed by atoms with Crippen LogP contribution in [0.25, 0.3) is 6.08 Å². The fourth-order valence-corrected chi connectivity index (χ4v) is 3.63. The molecule has 8 nitrogen and oxygen atoms in total. The van der Waals surface area contributed by atoms with Gasteiger partial charge in [0.1, 0.15) is 29.6 Å². The monoisotopic (exact) mass is 449 g/mol. The third-order valence-electron chi connectivity index (χ3n) is 4.95. The molecule has 0 aliphatic carbocycles. The smallest absolute Gasteiger partial charge is 0.281 e. The Morgan fingerprint density at radius 1 is 1.16 bits per heavy atom. The number of amides is 1. The zero-order valence-corrected chi connectivity index (χ0v) is 18.1. The summed E-state index contributed by atoms with van der Waals surface area (Å²) in [5, 5.41) is 14.2. The lowest BCUT2D eigenvalue weighted by molar-refractivity contribution is -0.385. The first-order valence-electron chi connectivity index (χ1n) is 9.73. The number of hydrogen-bond donors (Lipinski definition) is 1. The average Bonchev–Trinajstić information content (AvgIpc) is 3.31. The summed E-state index contributed by atoms with van der Waals surface area (Å²) < 4.78 is 11.4. The molecule has 1 N–H and O–H groups in total.